The lowest BCUT2D eigenvalue weighted by Crippen LogP contribution is -2.43. The fraction of sp³-hybridized carbons (Fsp3) is 0.722. The number of nitrogens with zero attached hydrogens (tertiary/aromatic N) is 3. The first-order valence-electron chi connectivity index (χ1n) is 8.74. The summed E-state index contributed by atoms with van der Waals surface area (Å²) < 4.78 is 0. The Labute approximate surface area is 148 Å². The molecular formula is C18H33ClN4. The van der Waals surface area contributed by atoms with Gasteiger partial charge in [0.25, 0.3) is 0 Å². The molecule has 1 saturated heterocycles. The first kappa shape index (κ1) is 20.2. The molecule has 0 amide bonds. The zero-order valence-electron chi connectivity index (χ0n) is 15.1. The Balaban J connectivity index is 0.00000264. The molecule has 0 aliphatic carbocycles. The minimum atomic E-state index is 0. The molecule has 132 valence electrons. The third-order valence-electron chi connectivity index (χ3n) is 4.67. The molecule has 1 aromatic rings. The van der Waals surface area contributed by atoms with E-state index >= 15 is 0 Å². The monoisotopic (exact) mass is 340 g/mol. The largest absolute Gasteiger partial charge is 0.357 e. The number of hydrogen-bond acceptors (Lipinski definition) is 4. The van der Waals surface area contributed by atoms with Gasteiger partial charge >= 0.3 is 0 Å². The molecule has 0 unspecified atom stereocenters. The summed E-state index contributed by atoms with van der Waals surface area (Å²) in [5.41, 5.74) is 1.33. The van der Waals surface area contributed by atoms with Crippen molar-refractivity contribution in [3.8, 4) is 0 Å². The van der Waals surface area contributed by atoms with E-state index in [1.807, 2.05) is 0 Å². The van der Waals surface area contributed by atoms with Gasteiger partial charge < -0.3 is 10.2 Å². The van der Waals surface area contributed by atoms with Gasteiger partial charge in [-0.3, -0.25) is 4.90 Å². The second-order valence-electron chi connectivity index (χ2n) is 6.68. The van der Waals surface area contributed by atoms with E-state index in [-0.39, 0.29) is 12.4 Å². The Morgan fingerprint density at radius 2 is 1.96 bits per heavy atom. The molecule has 1 aliphatic heterocycles. The number of rotatable bonds is 7. The molecule has 1 fully saturated rings. The number of hydrogen-bond donors (Lipinski definition) is 1. The molecule has 0 radical (unpaired) electrons. The summed E-state index contributed by atoms with van der Waals surface area (Å²) in [5.74, 6) is 1.06. The van der Waals surface area contributed by atoms with Gasteiger partial charge in [0.2, 0.25) is 0 Å². The molecule has 1 N–H and O–H groups in total. The maximum absolute atomic E-state index is 4.65. The van der Waals surface area contributed by atoms with Crippen molar-refractivity contribution in [1.82, 2.24) is 15.2 Å². The lowest BCUT2D eigenvalue weighted by molar-refractivity contribution is 0.154. The van der Waals surface area contributed by atoms with Gasteiger partial charge in [-0.05, 0) is 64.4 Å². The molecule has 1 aliphatic rings. The molecule has 0 spiro atoms. The van der Waals surface area contributed by atoms with Crippen molar-refractivity contribution in [3.63, 3.8) is 0 Å². The number of anilines is 1. The molecule has 0 saturated carbocycles. The first-order chi connectivity index (χ1) is 10.6. The highest BCUT2D eigenvalue weighted by Crippen LogP contribution is 2.18. The van der Waals surface area contributed by atoms with Crippen molar-refractivity contribution in [2.45, 2.75) is 58.7 Å². The van der Waals surface area contributed by atoms with Crippen LogP contribution in [0.15, 0.2) is 18.3 Å². The average molecular weight is 341 g/mol. The van der Waals surface area contributed by atoms with Gasteiger partial charge in [-0.25, -0.2) is 4.98 Å². The second-order valence-corrected chi connectivity index (χ2v) is 6.68. The van der Waals surface area contributed by atoms with Crippen LogP contribution in [0.1, 0.15) is 45.6 Å². The minimum Gasteiger partial charge on any atom is -0.357 e. The molecule has 2 heterocycles. The van der Waals surface area contributed by atoms with Crippen molar-refractivity contribution < 1.29 is 0 Å². The van der Waals surface area contributed by atoms with Crippen LogP contribution in [0.25, 0.3) is 0 Å². The van der Waals surface area contributed by atoms with E-state index in [0.717, 1.165) is 31.5 Å². The zero-order chi connectivity index (χ0) is 15.9. The van der Waals surface area contributed by atoms with Gasteiger partial charge in [0.15, 0.2) is 0 Å². The summed E-state index contributed by atoms with van der Waals surface area (Å²) in [4.78, 5) is 9.50. The summed E-state index contributed by atoms with van der Waals surface area (Å²) >= 11 is 0. The summed E-state index contributed by atoms with van der Waals surface area (Å²) in [7, 11) is 2.10. The molecule has 0 bridgehead atoms. The zero-order valence-corrected chi connectivity index (χ0v) is 15.9. The van der Waals surface area contributed by atoms with Gasteiger partial charge in [0, 0.05) is 31.9 Å². The topological polar surface area (TPSA) is 31.4 Å². The van der Waals surface area contributed by atoms with E-state index < -0.39 is 0 Å². The molecule has 23 heavy (non-hydrogen) atoms. The Morgan fingerprint density at radius 1 is 1.26 bits per heavy atom. The SMILES string of the molecule is CCCN(Cc1ccc(N(C)C(C)C)nc1)C1CCNCC1.Cl. The number of piperidine rings is 1. The maximum atomic E-state index is 4.65. The van der Waals surface area contributed by atoms with Gasteiger partial charge in [-0.2, -0.15) is 0 Å². The van der Waals surface area contributed by atoms with Crippen LogP contribution in [0.4, 0.5) is 5.82 Å². The molecular weight excluding hydrogens is 308 g/mol. The fourth-order valence-corrected chi connectivity index (χ4v) is 3.07. The van der Waals surface area contributed by atoms with E-state index in [2.05, 4.69) is 66.2 Å². The molecule has 0 aromatic carbocycles. The molecule has 2 rings (SSSR count). The van der Waals surface area contributed by atoms with Crippen molar-refractivity contribution in [3.05, 3.63) is 23.9 Å². The smallest absolute Gasteiger partial charge is 0.128 e. The Hall–Kier alpha value is -0.840. The highest BCUT2D eigenvalue weighted by atomic mass is 35.5. The molecule has 5 heteroatoms. The number of pyridine rings is 1. The number of aromatic nitrogens is 1. The highest BCUT2D eigenvalue weighted by molar-refractivity contribution is 5.85. The molecule has 1 aromatic heterocycles. The molecule has 4 nitrogen and oxygen atoms in total. The second kappa shape index (κ2) is 10.1. The number of nitrogens with one attached hydrogen (secondary N) is 1. The normalized spacial score (nSPS) is 15.7. The third-order valence-corrected chi connectivity index (χ3v) is 4.67. The Kier molecular flexibility index (Phi) is 8.88. The van der Waals surface area contributed by atoms with Crippen molar-refractivity contribution in [2.24, 2.45) is 0 Å². The van der Waals surface area contributed by atoms with Crippen LogP contribution in [-0.2, 0) is 6.54 Å². The lowest BCUT2D eigenvalue weighted by Gasteiger charge is -2.34. The number of halogens is 1. The van der Waals surface area contributed by atoms with Crippen molar-refractivity contribution in [2.75, 3.05) is 31.6 Å². The average Bonchev–Trinajstić information content (AvgIpc) is 2.55. The van der Waals surface area contributed by atoms with E-state index in [4.69, 9.17) is 0 Å². The van der Waals surface area contributed by atoms with Gasteiger partial charge in [-0.15, -0.1) is 12.4 Å². The highest BCUT2D eigenvalue weighted by Gasteiger charge is 2.20. The van der Waals surface area contributed by atoms with Crippen LogP contribution in [0, 0.1) is 0 Å². The lowest BCUT2D eigenvalue weighted by atomic mass is 10.0. The van der Waals surface area contributed by atoms with Crippen molar-refractivity contribution in [1.29, 1.82) is 0 Å². The van der Waals surface area contributed by atoms with Crippen LogP contribution >= 0.6 is 12.4 Å². The summed E-state index contributed by atoms with van der Waals surface area (Å²) in [6, 6.07) is 5.59. The predicted octanol–water partition coefficient (Wildman–Crippen LogP) is 3.31. The summed E-state index contributed by atoms with van der Waals surface area (Å²) in [5, 5.41) is 3.46. The van der Waals surface area contributed by atoms with Crippen LogP contribution in [0.5, 0.6) is 0 Å². The van der Waals surface area contributed by atoms with Crippen LogP contribution in [0.3, 0.4) is 0 Å². The van der Waals surface area contributed by atoms with Crippen LogP contribution in [0.2, 0.25) is 0 Å². The Morgan fingerprint density at radius 3 is 2.48 bits per heavy atom. The van der Waals surface area contributed by atoms with Gasteiger partial charge in [0.1, 0.15) is 5.82 Å². The minimum absolute atomic E-state index is 0. The van der Waals surface area contributed by atoms with Crippen molar-refractivity contribution >= 4 is 18.2 Å². The maximum Gasteiger partial charge on any atom is 0.128 e. The van der Waals surface area contributed by atoms with E-state index in [0.29, 0.717) is 6.04 Å². The molecule has 0 atom stereocenters. The van der Waals surface area contributed by atoms with E-state index in [1.165, 1.54) is 31.4 Å². The fourth-order valence-electron chi connectivity index (χ4n) is 3.07. The standard InChI is InChI=1S/C18H32N4.ClH/c1-5-12-22(17-8-10-19-11-9-17)14-16-6-7-18(20-13-16)21(4)15(2)3;/h6-7,13,15,17,19H,5,8-12,14H2,1-4H3;1H. The quantitative estimate of drug-likeness (QED) is 0.825. The third kappa shape index (κ3) is 5.94. The summed E-state index contributed by atoms with van der Waals surface area (Å²) in [6.45, 7) is 11.2. The Bertz CT molecular complexity index is 429. The van der Waals surface area contributed by atoms with Crippen LogP contribution < -0.4 is 10.2 Å². The first-order valence-corrected chi connectivity index (χ1v) is 8.74. The van der Waals surface area contributed by atoms with E-state index in [1.54, 1.807) is 0 Å². The van der Waals surface area contributed by atoms with Crippen LogP contribution in [-0.4, -0.2) is 48.6 Å². The predicted molar refractivity (Wildman–Crippen MR) is 102 cm³/mol. The van der Waals surface area contributed by atoms with Gasteiger partial charge in [0.05, 0.1) is 0 Å². The van der Waals surface area contributed by atoms with Gasteiger partial charge in [-0.1, -0.05) is 13.0 Å². The summed E-state index contributed by atoms with van der Waals surface area (Å²) in [6.07, 6.45) is 5.80. The van der Waals surface area contributed by atoms with E-state index in [9.17, 15) is 0 Å².